The van der Waals surface area contributed by atoms with Crippen molar-refractivity contribution in [2.45, 2.75) is 70.1 Å². The average Bonchev–Trinajstić information content (AvgIpc) is 3.65. The number of likely N-dealkylation sites (tertiary alicyclic amines) is 1. The number of hydrogen-bond donors (Lipinski definition) is 4. The number of hydrogen-bond acceptors (Lipinski definition) is 10. The number of carbonyl (C=O) groups is 2. The van der Waals surface area contributed by atoms with Crippen molar-refractivity contribution >= 4 is 29.1 Å². The molecule has 4 N–H and O–H groups in total. The Balaban J connectivity index is 1.38. The number of ether oxygens (including phenoxy) is 3. The highest BCUT2D eigenvalue weighted by Gasteiger charge is 2.49. The highest BCUT2D eigenvalue weighted by molar-refractivity contribution is 6.32. The Hall–Kier alpha value is -4.98. The van der Waals surface area contributed by atoms with Gasteiger partial charge in [0.25, 0.3) is 0 Å². The van der Waals surface area contributed by atoms with E-state index < -0.39 is 47.3 Å². The van der Waals surface area contributed by atoms with Crippen LogP contribution in [0, 0.1) is 16.7 Å². The second kappa shape index (κ2) is 18.7. The Morgan fingerprint density at radius 1 is 1.12 bits per heavy atom. The van der Waals surface area contributed by atoms with E-state index in [0.29, 0.717) is 54.9 Å². The van der Waals surface area contributed by atoms with Crippen molar-refractivity contribution in [1.82, 2.24) is 20.5 Å². The number of alkyl halides is 3. The minimum atomic E-state index is -4.93. The van der Waals surface area contributed by atoms with Gasteiger partial charge in [0.2, 0.25) is 0 Å². The Kier molecular flexibility index (Phi) is 14.3. The second-order valence-corrected chi connectivity index (χ2v) is 15.5. The van der Waals surface area contributed by atoms with Gasteiger partial charge in [0.15, 0.2) is 0 Å². The summed E-state index contributed by atoms with van der Waals surface area (Å²) >= 11 is 6.85. The van der Waals surface area contributed by atoms with Crippen LogP contribution in [0.4, 0.5) is 13.2 Å². The zero-order chi connectivity index (χ0) is 42.1. The molecular weight excluding hydrogens is 779 g/mol. The summed E-state index contributed by atoms with van der Waals surface area (Å²) in [6, 6.07) is 16.1. The number of carbonyl (C=O) groups excluding carboxylic acids is 1. The summed E-state index contributed by atoms with van der Waals surface area (Å²) in [6.07, 6.45) is 4.90. The van der Waals surface area contributed by atoms with Gasteiger partial charge in [-0.3, -0.25) is 19.9 Å². The molecule has 3 unspecified atom stereocenters. The molecule has 1 amide bonds. The van der Waals surface area contributed by atoms with E-state index in [1.54, 1.807) is 24.4 Å². The van der Waals surface area contributed by atoms with Crippen LogP contribution >= 0.6 is 11.6 Å². The monoisotopic (exact) mass is 825 g/mol. The summed E-state index contributed by atoms with van der Waals surface area (Å²) in [6.45, 7) is 6.38. The van der Waals surface area contributed by atoms with Crippen molar-refractivity contribution in [3.8, 4) is 17.6 Å². The highest BCUT2D eigenvalue weighted by atomic mass is 35.5. The molecule has 0 saturated carbocycles. The van der Waals surface area contributed by atoms with Gasteiger partial charge in [-0.1, -0.05) is 67.9 Å². The first-order chi connectivity index (χ1) is 27.5. The van der Waals surface area contributed by atoms with Gasteiger partial charge >= 0.3 is 18.1 Å². The van der Waals surface area contributed by atoms with Gasteiger partial charge in [-0.25, -0.2) is 0 Å². The first-order valence-electron chi connectivity index (χ1n) is 18.7. The third kappa shape index (κ3) is 10.5. The predicted molar refractivity (Wildman–Crippen MR) is 210 cm³/mol. The van der Waals surface area contributed by atoms with Crippen LogP contribution in [0.3, 0.4) is 0 Å². The maximum Gasteiger partial charge on any atom is 0.471 e. The van der Waals surface area contributed by atoms with E-state index in [4.69, 9.17) is 25.8 Å². The number of aliphatic hydroxyl groups is 1. The lowest BCUT2D eigenvalue weighted by atomic mass is 9.65. The van der Waals surface area contributed by atoms with Crippen molar-refractivity contribution < 1.29 is 47.2 Å². The molecule has 1 saturated heterocycles. The number of nitriles is 1. The van der Waals surface area contributed by atoms with Crippen molar-refractivity contribution in [2.24, 2.45) is 5.41 Å². The Labute approximate surface area is 340 Å². The summed E-state index contributed by atoms with van der Waals surface area (Å²) in [5, 5.41) is 34.0. The van der Waals surface area contributed by atoms with Crippen LogP contribution < -0.4 is 20.1 Å². The predicted octanol–water partition coefficient (Wildman–Crippen LogP) is 6.07. The zero-order valence-electron chi connectivity index (χ0n) is 32.4. The van der Waals surface area contributed by atoms with Crippen LogP contribution in [0.25, 0.3) is 5.57 Å². The van der Waals surface area contributed by atoms with Crippen LogP contribution in [-0.4, -0.2) is 94.8 Å². The number of nitrogens with one attached hydrogen (secondary N) is 2. The molecule has 1 aliphatic carbocycles. The summed E-state index contributed by atoms with van der Waals surface area (Å²) in [5.74, 6) is -2.64. The van der Waals surface area contributed by atoms with E-state index in [-0.39, 0.29) is 37.1 Å². The number of pyridine rings is 1. The molecule has 12 nitrogen and oxygen atoms in total. The minimum Gasteiger partial charge on any atom is -0.488 e. The third-order valence-electron chi connectivity index (χ3n) is 10.6. The number of rotatable bonds is 18. The molecule has 1 aromatic heterocycles. The molecule has 1 aliphatic heterocycles. The van der Waals surface area contributed by atoms with Crippen molar-refractivity contribution in [3.05, 3.63) is 106 Å². The summed E-state index contributed by atoms with van der Waals surface area (Å²) in [5.41, 5.74) is 0.0306. The normalized spacial score (nSPS) is 20.1. The van der Waals surface area contributed by atoms with E-state index >= 15 is 0 Å². The number of allylic oxidation sites excluding steroid dienone is 2. The zero-order valence-corrected chi connectivity index (χ0v) is 33.2. The maximum absolute atomic E-state index is 12.8. The van der Waals surface area contributed by atoms with Gasteiger partial charge in [-0.05, 0) is 49.1 Å². The lowest BCUT2D eigenvalue weighted by molar-refractivity contribution is -0.174. The van der Waals surface area contributed by atoms with Gasteiger partial charge in [-0.15, -0.1) is 0 Å². The van der Waals surface area contributed by atoms with E-state index in [1.807, 2.05) is 59.5 Å². The molecule has 58 heavy (non-hydrogen) atoms. The smallest absolute Gasteiger partial charge is 0.471 e. The first kappa shape index (κ1) is 44.1. The molecule has 3 atom stereocenters. The topological polar surface area (TPSA) is 166 Å². The number of benzene rings is 2. The van der Waals surface area contributed by atoms with Gasteiger partial charge in [-0.2, -0.15) is 18.4 Å². The lowest BCUT2D eigenvalue weighted by Crippen LogP contribution is -2.52. The summed E-state index contributed by atoms with van der Waals surface area (Å²) in [4.78, 5) is 29.5. The van der Waals surface area contributed by atoms with Gasteiger partial charge in [0, 0.05) is 73.8 Å². The summed E-state index contributed by atoms with van der Waals surface area (Å²) < 4.78 is 57.9. The number of halogens is 4. The van der Waals surface area contributed by atoms with Crippen molar-refractivity contribution in [2.75, 3.05) is 39.5 Å². The number of aliphatic carboxylic acids is 1. The number of carboxylic acid groups (broad SMARTS) is 1. The average molecular weight is 826 g/mol. The minimum absolute atomic E-state index is 0.00724. The number of amides is 1. The fraction of sp³-hybridized carbons (Fsp3) is 0.429. The van der Waals surface area contributed by atoms with E-state index in [1.165, 1.54) is 13.1 Å². The fourth-order valence-electron chi connectivity index (χ4n) is 6.90. The third-order valence-corrected chi connectivity index (χ3v) is 10.9. The molecule has 0 radical (unpaired) electrons. The van der Waals surface area contributed by atoms with Gasteiger partial charge < -0.3 is 34.6 Å². The van der Waals surface area contributed by atoms with Crippen LogP contribution in [0.2, 0.25) is 5.02 Å². The van der Waals surface area contributed by atoms with Crippen LogP contribution in [0.1, 0.15) is 55.9 Å². The molecule has 5 rings (SSSR count). The number of aliphatic hydroxyl groups excluding tert-OH is 1. The van der Waals surface area contributed by atoms with Gasteiger partial charge in [0.05, 0.1) is 17.2 Å². The largest absolute Gasteiger partial charge is 0.488 e. The molecule has 2 aliphatic rings. The molecular formula is C42H47ClF3N5O7. The van der Waals surface area contributed by atoms with E-state index in [9.17, 15) is 38.2 Å². The Bertz CT molecular complexity index is 2040. The first-order valence-corrected chi connectivity index (χ1v) is 19.1. The van der Waals surface area contributed by atoms with E-state index in [2.05, 4.69) is 29.5 Å². The molecule has 0 spiro atoms. The molecule has 2 heterocycles. The summed E-state index contributed by atoms with van der Waals surface area (Å²) in [7, 11) is 0. The fourth-order valence-corrected chi connectivity index (χ4v) is 7.14. The van der Waals surface area contributed by atoms with Crippen LogP contribution in [0.15, 0.2) is 79.2 Å². The van der Waals surface area contributed by atoms with E-state index in [0.717, 1.165) is 11.1 Å². The van der Waals surface area contributed by atoms with Crippen LogP contribution in [0.5, 0.6) is 11.5 Å². The van der Waals surface area contributed by atoms with Crippen molar-refractivity contribution in [1.29, 1.82) is 5.26 Å². The lowest BCUT2D eigenvalue weighted by Gasteiger charge is -2.47. The second-order valence-electron chi connectivity index (χ2n) is 15.1. The number of nitrogens with zero attached hydrogens (tertiary/aromatic N) is 3. The molecule has 1 fully saturated rings. The molecule has 3 aromatic rings. The standard InChI is InChI=1S/C42H47ClF3N5O7/c1-39(2)33(30-9-5-4-6-10-30)11-7-13-41(39,58-16-8-14-51-15-12-32(24-51)50-37(53)42(44,45)46)27-57-36-19-35(56-25-29-17-28(20-47)21-48-22-29)31(18-34(36)43)23-49-40(3,26-52)38(54)55/h4-7,9-11,13,17-19,21-22,32,49,52H,8,12,14-16,23-27H2,1-3H3,(H,50,53)(H,54,55). The van der Waals surface area contributed by atoms with Crippen LogP contribution in [-0.2, 0) is 27.5 Å². The molecule has 2 aromatic carbocycles. The molecule has 310 valence electrons. The number of carboxylic acids is 1. The maximum atomic E-state index is 12.8. The SMILES string of the molecule is CC(CO)(NCc1cc(Cl)c(OCC2(OCCCN3CCC(NC(=O)C(F)(F)F)C3)C=CC=C(c3ccccc3)C2(C)C)cc1OCc1cncc(C#N)c1)C(=O)O. The Morgan fingerprint density at radius 3 is 2.57 bits per heavy atom. The quantitative estimate of drug-likeness (QED) is 0.110. The number of aromatic nitrogens is 1. The molecule has 16 heteroatoms. The molecule has 0 bridgehead atoms. The Morgan fingerprint density at radius 2 is 1.88 bits per heavy atom. The van der Waals surface area contributed by atoms with Gasteiger partial charge in [0.1, 0.15) is 41.9 Å². The van der Waals surface area contributed by atoms with Crippen molar-refractivity contribution in [3.63, 3.8) is 0 Å². The highest BCUT2D eigenvalue weighted by Crippen LogP contribution is 2.49.